The number of hydrogen-bond donors (Lipinski definition) is 4. The molecule has 1 unspecified atom stereocenters. The second-order valence-corrected chi connectivity index (χ2v) is 6.75. The third-order valence-corrected chi connectivity index (χ3v) is 3.98. The van der Waals surface area contributed by atoms with Crippen molar-refractivity contribution >= 4 is 11.9 Å². The molecule has 0 radical (unpaired) electrons. The largest absolute Gasteiger partial charge is 0.463 e. The van der Waals surface area contributed by atoms with Gasteiger partial charge < -0.3 is 25.5 Å². The zero-order valence-electron chi connectivity index (χ0n) is 15.4. The fraction of sp³-hybridized carbons (Fsp3) is 0.667. The molecule has 0 spiro atoms. The predicted octanol–water partition coefficient (Wildman–Crippen LogP) is 1.41. The van der Waals surface area contributed by atoms with Crippen molar-refractivity contribution in [3.63, 3.8) is 0 Å². The average molecular weight is 350 g/mol. The summed E-state index contributed by atoms with van der Waals surface area (Å²) < 4.78 is 5.50. The van der Waals surface area contributed by atoms with Crippen LogP contribution in [0.5, 0.6) is 0 Å². The molecule has 2 rings (SSSR count). The SMILES string of the molecule is CCNC(=NCC(C)(O)c1ccc(C)o1)NCCCC(=O)NC1CC1. The highest BCUT2D eigenvalue weighted by Gasteiger charge is 2.26. The molecular weight excluding hydrogens is 320 g/mol. The second kappa shape index (κ2) is 8.89. The van der Waals surface area contributed by atoms with E-state index < -0.39 is 5.60 Å². The third-order valence-electron chi connectivity index (χ3n) is 3.98. The molecule has 1 atom stereocenters. The van der Waals surface area contributed by atoms with Crippen LogP contribution in [0.25, 0.3) is 0 Å². The van der Waals surface area contributed by atoms with Gasteiger partial charge in [0.15, 0.2) is 5.96 Å². The molecule has 1 amide bonds. The number of nitrogens with zero attached hydrogens (tertiary/aromatic N) is 1. The number of rotatable bonds is 9. The number of nitrogens with one attached hydrogen (secondary N) is 3. The molecule has 1 saturated carbocycles. The van der Waals surface area contributed by atoms with Gasteiger partial charge in [0.1, 0.15) is 17.1 Å². The van der Waals surface area contributed by atoms with E-state index in [9.17, 15) is 9.90 Å². The lowest BCUT2D eigenvalue weighted by Crippen LogP contribution is -2.39. The summed E-state index contributed by atoms with van der Waals surface area (Å²) in [6, 6.07) is 4.00. The first kappa shape index (κ1) is 19.3. The molecule has 25 heavy (non-hydrogen) atoms. The molecule has 140 valence electrons. The van der Waals surface area contributed by atoms with Gasteiger partial charge in [0.05, 0.1) is 6.54 Å². The highest BCUT2D eigenvalue weighted by Crippen LogP contribution is 2.23. The third kappa shape index (κ3) is 6.78. The molecule has 0 aliphatic heterocycles. The van der Waals surface area contributed by atoms with Gasteiger partial charge in [-0.25, -0.2) is 4.99 Å². The summed E-state index contributed by atoms with van der Waals surface area (Å²) in [5, 5.41) is 19.8. The predicted molar refractivity (Wildman–Crippen MR) is 97.4 cm³/mol. The van der Waals surface area contributed by atoms with Gasteiger partial charge in [-0.2, -0.15) is 0 Å². The Labute approximate surface area is 149 Å². The quantitative estimate of drug-likeness (QED) is 0.307. The van der Waals surface area contributed by atoms with Crippen LogP contribution in [0.2, 0.25) is 0 Å². The lowest BCUT2D eigenvalue weighted by molar-refractivity contribution is -0.121. The molecule has 1 aliphatic rings. The first-order chi connectivity index (χ1) is 11.9. The molecule has 4 N–H and O–H groups in total. The van der Waals surface area contributed by atoms with E-state index in [0.717, 1.165) is 31.6 Å². The zero-order valence-corrected chi connectivity index (χ0v) is 15.4. The Bertz CT molecular complexity index is 591. The van der Waals surface area contributed by atoms with Crippen molar-refractivity contribution in [3.8, 4) is 0 Å². The van der Waals surface area contributed by atoms with Crippen molar-refractivity contribution < 1.29 is 14.3 Å². The van der Waals surface area contributed by atoms with Gasteiger partial charge >= 0.3 is 0 Å². The molecule has 1 fully saturated rings. The Morgan fingerprint density at radius 1 is 1.40 bits per heavy atom. The number of carbonyl (C=O) groups excluding carboxylic acids is 1. The van der Waals surface area contributed by atoms with E-state index in [2.05, 4.69) is 20.9 Å². The Kier molecular flexibility index (Phi) is 6.87. The van der Waals surface area contributed by atoms with E-state index in [1.54, 1.807) is 13.0 Å². The van der Waals surface area contributed by atoms with E-state index in [0.29, 0.717) is 30.7 Å². The van der Waals surface area contributed by atoms with Crippen molar-refractivity contribution in [2.24, 2.45) is 4.99 Å². The van der Waals surface area contributed by atoms with Crippen molar-refractivity contribution in [1.29, 1.82) is 0 Å². The lowest BCUT2D eigenvalue weighted by Gasteiger charge is -2.19. The number of carbonyl (C=O) groups is 1. The molecule has 0 saturated heterocycles. The topological polar surface area (TPSA) is 98.9 Å². The van der Waals surface area contributed by atoms with Gasteiger partial charge in [0, 0.05) is 25.6 Å². The first-order valence-corrected chi connectivity index (χ1v) is 9.01. The minimum atomic E-state index is -1.17. The highest BCUT2D eigenvalue weighted by atomic mass is 16.4. The molecule has 1 heterocycles. The van der Waals surface area contributed by atoms with E-state index >= 15 is 0 Å². The Morgan fingerprint density at radius 2 is 2.16 bits per heavy atom. The molecule has 1 aromatic rings. The van der Waals surface area contributed by atoms with Crippen LogP contribution < -0.4 is 16.0 Å². The van der Waals surface area contributed by atoms with Crippen molar-refractivity contribution in [2.45, 2.75) is 58.1 Å². The van der Waals surface area contributed by atoms with Crippen LogP contribution in [0.15, 0.2) is 21.5 Å². The minimum Gasteiger partial charge on any atom is -0.463 e. The van der Waals surface area contributed by atoms with Gasteiger partial charge in [0.2, 0.25) is 5.91 Å². The van der Waals surface area contributed by atoms with Crippen molar-refractivity contribution in [3.05, 3.63) is 23.7 Å². The molecule has 7 heteroatoms. The molecule has 1 aliphatic carbocycles. The lowest BCUT2D eigenvalue weighted by atomic mass is 10.0. The number of aryl methyl sites for hydroxylation is 1. The summed E-state index contributed by atoms with van der Waals surface area (Å²) in [4.78, 5) is 16.1. The number of hydrogen-bond acceptors (Lipinski definition) is 4. The first-order valence-electron chi connectivity index (χ1n) is 9.01. The highest BCUT2D eigenvalue weighted by molar-refractivity contribution is 5.80. The maximum absolute atomic E-state index is 11.7. The number of furan rings is 1. The smallest absolute Gasteiger partial charge is 0.220 e. The summed E-state index contributed by atoms with van der Waals surface area (Å²) in [5.41, 5.74) is -1.17. The van der Waals surface area contributed by atoms with Gasteiger partial charge in [-0.1, -0.05) is 0 Å². The van der Waals surface area contributed by atoms with Crippen LogP contribution in [0.4, 0.5) is 0 Å². The number of aliphatic hydroxyl groups is 1. The maximum Gasteiger partial charge on any atom is 0.220 e. The summed E-state index contributed by atoms with van der Waals surface area (Å²) >= 11 is 0. The summed E-state index contributed by atoms with van der Waals surface area (Å²) in [7, 11) is 0. The molecule has 0 bridgehead atoms. The number of aliphatic imine (C=N–C) groups is 1. The van der Waals surface area contributed by atoms with Crippen LogP contribution in [0.3, 0.4) is 0 Å². The molecular formula is C18H30N4O3. The van der Waals surface area contributed by atoms with Crippen LogP contribution in [0.1, 0.15) is 51.1 Å². The van der Waals surface area contributed by atoms with Crippen LogP contribution in [-0.4, -0.2) is 42.6 Å². The standard InChI is InChI=1S/C18H30N4O3/c1-4-19-17(20-11-5-6-16(23)22-14-8-9-14)21-12-18(3,24)15-10-7-13(2)25-15/h7,10,14,24H,4-6,8-9,11-12H2,1-3H3,(H,22,23)(H2,19,20,21). The van der Waals surface area contributed by atoms with Gasteiger partial charge in [-0.05, 0) is 52.2 Å². The molecule has 0 aromatic carbocycles. The number of guanidine groups is 1. The van der Waals surface area contributed by atoms with E-state index in [4.69, 9.17) is 4.42 Å². The monoisotopic (exact) mass is 350 g/mol. The molecule has 7 nitrogen and oxygen atoms in total. The van der Waals surface area contributed by atoms with Gasteiger partial charge in [-0.3, -0.25) is 4.79 Å². The summed E-state index contributed by atoms with van der Waals surface area (Å²) in [6.45, 7) is 7.04. The minimum absolute atomic E-state index is 0.113. The average Bonchev–Trinajstić information content (AvgIpc) is 3.25. The van der Waals surface area contributed by atoms with Crippen molar-refractivity contribution in [2.75, 3.05) is 19.6 Å². The maximum atomic E-state index is 11.7. The zero-order chi connectivity index (χ0) is 18.3. The fourth-order valence-electron chi connectivity index (χ4n) is 2.36. The molecule has 1 aromatic heterocycles. The van der Waals surface area contributed by atoms with Gasteiger partial charge in [-0.15, -0.1) is 0 Å². The Hall–Kier alpha value is -2.02. The summed E-state index contributed by atoms with van der Waals surface area (Å²) in [6.07, 6.45) is 3.45. The van der Waals surface area contributed by atoms with Crippen LogP contribution >= 0.6 is 0 Å². The van der Waals surface area contributed by atoms with Gasteiger partial charge in [0.25, 0.3) is 0 Å². The van der Waals surface area contributed by atoms with Crippen molar-refractivity contribution in [1.82, 2.24) is 16.0 Å². The van der Waals surface area contributed by atoms with Crippen LogP contribution in [-0.2, 0) is 10.4 Å². The van der Waals surface area contributed by atoms with E-state index in [-0.39, 0.29) is 12.5 Å². The van der Waals surface area contributed by atoms with Crippen LogP contribution in [0, 0.1) is 6.92 Å². The van der Waals surface area contributed by atoms with E-state index in [1.165, 1.54) is 0 Å². The second-order valence-electron chi connectivity index (χ2n) is 6.75. The fourth-order valence-corrected chi connectivity index (χ4v) is 2.36. The Balaban J connectivity index is 1.77. The van der Waals surface area contributed by atoms with E-state index in [1.807, 2.05) is 19.9 Å². The normalized spacial score (nSPS) is 17.0. The summed E-state index contributed by atoms with van der Waals surface area (Å²) in [5.74, 6) is 1.99. The Morgan fingerprint density at radius 3 is 2.76 bits per heavy atom. The number of amides is 1.